The van der Waals surface area contributed by atoms with E-state index < -0.39 is 34.0 Å². The van der Waals surface area contributed by atoms with Crippen molar-refractivity contribution in [2.75, 3.05) is 11.5 Å². The monoisotopic (exact) mass is 288 g/mol. The minimum atomic E-state index is -1.26. The Morgan fingerprint density at radius 3 is 2.37 bits per heavy atom. The molecule has 2 aromatic carbocycles. The van der Waals surface area contributed by atoms with E-state index in [9.17, 15) is 13.2 Å². The van der Waals surface area contributed by atoms with Crippen LogP contribution in [0.25, 0.3) is 0 Å². The van der Waals surface area contributed by atoms with Crippen LogP contribution in [0.15, 0.2) is 24.3 Å². The zero-order valence-electron chi connectivity index (χ0n) is 9.38. The summed E-state index contributed by atoms with van der Waals surface area (Å²) in [6.45, 7) is 0. The van der Waals surface area contributed by atoms with Gasteiger partial charge in [-0.3, -0.25) is 0 Å². The lowest BCUT2D eigenvalue weighted by Crippen LogP contribution is -2.01. The van der Waals surface area contributed by atoms with Crippen molar-refractivity contribution in [3.05, 3.63) is 46.7 Å². The highest BCUT2D eigenvalue weighted by atomic mass is 35.5. The van der Waals surface area contributed by atoms with Gasteiger partial charge in [-0.2, -0.15) is 4.39 Å². The largest absolute Gasteiger partial charge is 0.449 e. The van der Waals surface area contributed by atoms with Crippen LogP contribution in [-0.4, -0.2) is 0 Å². The molecular weight excluding hydrogens is 281 g/mol. The lowest BCUT2D eigenvalue weighted by atomic mass is 10.2. The molecule has 0 amide bonds. The maximum atomic E-state index is 13.8. The Morgan fingerprint density at radius 2 is 1.68 bits per heavy atom. The molecule has 0 bridgehead atoms. The molecule has 0 atom stereocenters. The van der Waals surface area contributed by atoms with Gasteiger partial charge in [0.15, 0.2) is 23.1 Å². The summed E-state index contributed by atoms with van der Waals surface area (Å²) in [7, 11) is 0. The second kappa shape index (κ2) is 4.89. The van der Waals surface area contributed by atoms with Crippen LogP contribution in [0, 0.1) is 17.5 Å². The molecule has 100 valence electrons. The first-order valence-electron chi connectivity index (χ1n) is 5.06. The van der Waals surface area contributed by atoms with Gasteiger partial charge in [0, 0.05) is 0 Å². The molecule has 19 heavy (non-hydrogen) atoms. The average molecular weight is 289 g/mol. The van der Waals surface area contributed by atoms with E-state index in [0.717, 1.165) is 18.2 Å². The molecule has 3 nitrogen and oxygen atoms in total. The Morgan fingerprint density at radius 1 is 1.00 bits per heavy atom. The molecule has 0 heterocycles. The predicted molar refractivity (Wildman–Crippen MR) is 66.7 cm³/mol. The molecule has 4 N–H and O–H groups in total. The zero-order chi connectivity index (χ0) is 14.2. The Bertz CT molecular complexity index is 649. The van der Waals surface area contributed by atoms with Gasteiger partial charge in [0.1, 0.15) is 5.02 Å². The van der Waals surface area contributed by atoms with Crippen molar-refractivity contribution in [2.24, 2.45) is 0 Å². The third-order valence-electron chi connectivity index (χ3n) is 2.35. The van der Waals surface area contributed by atoms with Crippen molar-refractivity contribution < 1.29 is 17.9 Å². The SMILES string of the molecule is Nc1cc(N)c(Oc2cccc(F)c2F)c(F)c1Cl. The standard InChI is InChI=1S/C12H8ClF3N2O/c13-9-6(17)4-7(18)12(11(9)16)19-8-3-1-2-5(14)10(8)15/h1-4H,17-18H2. The summed E-state index contributed by atoms with van der Waals surface area (Å²) in [6.07, 6.45) is 0. The predicted octanol–water partition coefficient (Wildman–Crippen LogP) is 3.71. The van der Waals surface area contributed by atoms with Crippen LogP contribution >= 0.6 is 11.6 Å². The number of halogens is 4. The van der Waals surface area contributed by atoms with Crippen molar-refractivity contribution >= 4 is 23.0 Å². The van der Waals surface area contributed by atoms with Gasteiger partial charge in [-0.1, -0.05) is 17.7 Å². The van der Waals surface area contributed by atoms with Crippen molar-refractivity contribution in [3.8, 4) is 11.5 Å². The first-order valence-corrected chi connectivity index (χ1v) is 5.44. The summed E-state index contributed by atoms with van der Waals surface area (Å²) in [5.74, 6) is -4.44. The van der Waals surface area contributed by atoms with E-state index >= 15 is 0 Å². The summed E-state index contributed by atoms with van der Waals surface area (Å²) < 4.78 is 45.2. The number of hydrogen-bond donors (Lipinski definition) is 2. The summed E-state index contributed by atoms with van der Waals surface area (Å²) in [6, 6.07) is 4.40. The van der Waals surface area contributed by atoms with Crippen LogP contribution in [-0.2, 0) is 0 Å². The number of anilines is 2. The highest BCUT2D eigenvalue weighted by molar-refractivity contribution is 6.33. The Labute approximate surface area is 111 Å². The van der Waals surface area contributed by atoms with E-state index in [2.05, 4.69) is 0 Å². The number of nitrogens with two attached hydrogens (primary N) is 2. The topological polar surface area (TPSA) is 61.3 Å². The first-order chi connectivity index (χ1) is 8.91. The number of hydrogen-bond acceptors (Lipinski definition) is 3. The third kappa shape index (κ3) is 2.39. The molecule has 0 aliphatic carbocycles. The number of ether oxygens (including phenoxy) is 1. The van der Waals surface area contributed by atoms with Gasteiger partial charge >= 0.3 is 0 Å². The van der Waals surface area contributed by atoms with Crippen LogP contribution in [0.5, 0.6) is 11.5 Å². The average Bonchev–Trinajstić information content (AvgIpc) is 2.37. The highest BCUT2D eigenvalue weighted by Crippen LogP contribution is 2.38. The smallest absolute Gasteiger partial charge is 0.201 e. The Balaban J connectivity index is 2.50. The summed E-state index contributed by atoms with van der Waals surface area (Å²) in [5.41, 5.74) is 10.6. The second-order valence-electron chi connectivity index (χ2n) is 3.67. The fourth-order valence-corrected chi connectivity index (χ4v) is 1.57. The maximum Gasteiger partial charge on any atom is 0.201 e. The highest BCUT2D eigenvalue weighted by Gasteiger charge is 2.18. The van der Waals surface area contributed by atoms with Gasteiger partial charge in [0.25, 0.3) is 0 Å². The number of nitrogen functional groups attached to an aromatic ring is 2. The van der Waals surface area contributed by atoms with Crippen LogP contribution in [0.4, 0.5) is 24.5 Å². The van der Waals surface area contributed by atoms with Gasteiger partial charge in [-0.25, -0.2) is 8.78 Å². The van der Waals surface area contributed by atoms with Gasteiger partial charge < -0.3 is 16.2 Å². The molecule has 0 unspecified atom stereocenters. The minimum absolute atomic E-state index is 0.0799. The zero-order valence-corrected chi connectivity index (χ0v) is 10.1. The van der Waals surface area contributed by atoms with E-state index in [-0.39, 0.29) is 11.4 Å². The molecule has 0 aliphatic rings. The van der Waals surface area contributed by atoms with E-state index in [0.29, 0.717) is 0 Å². The molecule has 0 fully saturated rings. The quantitative estimate of drug-likeness (QED) is 0.828. The Kier molecular flexibility index (Phi) is 3.44. The van der Waals surface area contributed by atoms with Crippen molar-refractivity contribution in [1.29, 1.82) is 0 Å². The molecule has 7 heteroatoms. The van der Waals surface area contributed by atoms with Crippen LogP contribution < -0.4 is 16.2 Å². The molecule has 0 saturated heterocycles. The molecule has 0 spiro atoms. The van der Waals surface area contributed by atoms with Crippen LogP contribution in [0.3, 0.4) is 0 Å². The van der Waals surface area contributed by atoms with E-state index in [1.54, 1.807) is 0 Å². The lowest BCUT2D eigenvalue weighted by Gasteiger charge is -2.12. The first kappa shape index (κ1) is 13.4. The van der Waals surface area contributed by atoms with E-state index in [1.807, 2.05) is 0 Å². The van der Waals surface area contributed by atoms with Gasteiger partial charge in [-0.15, -0.1) is 0 Å². The van der Waals surface area contributed by atoms with Crippen molar-refractivity contribution in [3.63, 3.8) is 0 Å². The molecule has 0 aromatic heterocycles. The lowest BCUT2D eigenvalue weighted by molar-refractivity contribution is 0.399. The Hall–Kier alpha value is -2.08. The maximum absolute atomic E-state index is 13.8. The number of benzene rings is 2. The van der Waals surface area contributed by atoms with Crippen LogP contribution in [0.2, 0.25) is 5.02 Å². The molecule has 2 rings (SSSR count). The van der Waals surface area contributed by atoms with Gasteiger partial charge in [0.2, 0.25) is 5.82 Å². The third-order valence-corrected chi connectivity index (χ3v) is 2.73. The fraction of sp³-hybridized carbons (Fsp3) is 0. The van der Waals surface area contributed by atoms with E-state index in [4.69, 9.17) is 27.8 Å². The van der Waals surface area contributed by atoms with Gasteiger partial charge in [0.05, 0.1) is 11.4 Å². The summed E-state index contributed by atoms with van der Waals surface area (Å²) in [5, 5.41) is -0.402. The minimum Gasteiger partial charge on any atom is -0.449 e. The molecule has 0 aliphatic heterocycles. The molecule has 0 saturated carbocycles. The van der Waals surface area contributed by atoms with E-state index in [1.165, 1.54) is 6.07 Å². The molecular formula is C12H8ClF3N2O. The van der Waals surface area contributed by atoms with Crippen molar-refractivity contribution in [2.45, 2.75) is 0 Å². The van der Waals surface area contributed by atoms with Crippen molar-refractivity contribution in [1.82, 2.24) is 0 Å². The second-order valence-corrected chi connectivity index (χ2v) is 4.04. The van der Waals surface area contributed by atoms with Gasteiger partial charge in [-0.05, 0) is 18.2 Å². The molecule has 0 radical (unpaired) electrons. The normalized spacial score (nSPS) is 10.5. The fourth-order valence-electron chi connectivity index (χ4n) is 1.43. The number of rotatable bonds is 2. The molecule has 2 aromatic rings. The summed E-state index contributed by atoms with van der Waals surface area (Å²) >= 11 is 5.59. The summed E-state index contributed by atoms with van der Waals surface area (Å²) in [4.78, 5) is 0. The van der Waals surface area contributed by atoms with Crippen LogP contribution in [0.1, 0.15) is 0 Å².